The summed E-state index contributed by atoms with van der Waals surface area (Å²) in [6, 6.07) is 27.0. The van der Waals surface area contributed by atoms with Crippen LogP contribution in [0.25, 0.3) is 0 Å². The molecule has 5 heteroatoms. The fraction of sp³-hybridized carbons (Fsp3) is 0.115. The first-order valence-electron chi connectivity index (χ1n) is 10.1. The van der Waals surface area contributed by atoms with Crippen LogP contribution >= 0.6 is 22.9 Å². The molecule has 2 N–H and O–H groups in total. The van der Waals surface area contributed by atoms with Crippen molar-refractivity contribution in [1.29, 1.82) is 0 Å². The zero-order chi connectivity index (χ0) is 21.8. The molecule has 0 saturated heterocycles. The molecule has 3 nitrogen and oxygen atoms in total. The summed E-state index contributed by atoms with van der Waals surface area (Å²) in [7, 11) is 0. The number of thiophene rings is 1. The SMILES string of the molecule is Cc1sc(NC(=O)c2ccccc2)c([C@@H](Nc2ccccc2Cl)c2ccccc2)c1C. The van der Waals surface area contributed by atoms with Crippen LogP contribution in [0.1, 0.15) is 38.0 Å². The Morgan fingerprint density at radius 1 is 0.871 bits per heavy atom. The number of halogens is 1. The molecule has 0 saturated carbocycles. The van der Waals surface area contributed by atoms with E-state index in [1.54, 1.807) is 11.3 Å². The van der Waals surface area contributed by atoms with Crippen molar-refractivity contribution in [3.05, 3.63) is 117 Å². The van der Waals surface area contributed by atoms with Crippen molar-refractivity contribution in [2.45, 2.75) is 19.9 Å². The van der Waals surface area contributed by atoms with E-state index in [2.05, 4.69) is 36.6 Å². The van der Waals surface area contributed by atoms with Gasteiger partial charge in [0.25, 0.3) is 5.91 Å². The Morgan fingerprint density at radius 3 is 2.16 bits per heavy atom. The lowest BCUT2D eigenvalue weighted by Crippen LogP contribution is -2.17. The summed E-state index contributed by atoms with van der Waals surface area (Å²) < 4.78 is 0. The maximum atomic E-state index is 12.9. The highest BCUT2D eigenvalue weighted by Gasteiger charge is 2.25. The fourth-order valence-electron chi connectivity index (χ4n) is 3.55. The van der Waals surface area contributed by atoms with Gasteiger partial charge < -0.3 is 10.6 Å². The van der Waals surface area contributed by atoms with Crippen molar-refractivity contribution >= 4 is 39.5 Å². The highest BCUT2D eigenvalue weighted by atomic mass is 35.5. The molecule has 1 heterocycles. The number of amides is 1. The van der Waals surface area contributed by atoms with Crippen LogP contribution in [0, 0.1) is 13.8 Å². The molecular weight excluding hydrogens is 424 g/mol. The van der Waals surface area contributed by atoms with Crippen molar-refractivity contribution in [1.82, 2.24) is 0 Å². The molecule has 4 aromatic rings. The minimum atomic E-state index is -0.169. The van der Waals surface area contributed by atoms with Gasteiger partial charge in [-0.1, -0.05) is 72.3 Å². The van der Waals surface area contributed by atoms with Crippen molar-refractivity contribution in [2.75, 3.05) is 10.6 Å². The van der Waals surface area contributed by atoms with Gasteiger partial charge in [-0.25, -0.2) is 0 Å². The molecule has 0 radical (unpaired) electrons. The van der Waals surface area contributed by atoms with Crippen LogP contribution in [0.2, 0.25) is 5.02 Å². The average molecular weight is 447 g/mol. The van der Waals surface area contributed by atoms with Gasteiger partial charge in [0, 0.05) is 16.0 Å². The number of rotatable bonds is 6. The summed E-state index contributed by atoms with van der Waals surface area (Å²) >= 11 is 8.06. The van der Waals surface area contributed by atoms with Gasteiger partial charge in [0.1, 0.15) is 5.00 Å². The molecule has 156 valence electrons. The predicted molar refractivity (Wildman–Crippen MR) is 132 cm³/mol. The fourth-order valence-corrected chi connectivity index (χ4v) is 4.84. The minimum Gasteiger partial charge on any atom is -0.373 e. The molecule has 31 heavy (non-hydrogen) atoms. The van der Waals surface area contributed by atoms with E-state index < -0.39 is 0 Å². The van der Waals surface area contributed by atoms with Gasteiger partial charge >= 0.3 is 0 Å². The molecule has 4 rings (SSSR count). The molecule has 0 bridgehead atoms. The summed E-state index contributed by atoms with van der Waals surface area (Å²) in [6.07, 6.45) is 0. The summed E-state index contributed by atoms with van der Waals surface area (Å²) in [5.41, 5.74) is 4.78. The predicted octanol–water partition coefficient (Wildman–Crippen LogP) is 7.47. The zero-order valence-corrected chi connectivity index (χ0v) is 18.9. The summed E-state index contributed by atoms with van der Waals surface area (Å²) in [5, 5.41) is 8.26. The lowest BCUT2D eigenvalue weighted by atomic mass is 9.96. The largest absolute Gasteiger partial charge is 0.373 e. The molecule has 1 aromatic heterocycles. The van der Waals surface area contributed by atoms with E-state index in [1.165, 1.54) is 4.88 Å². The third-order valence-corrected chi connectivity index (χ3v) is 6.76. The smallest absolute Gasteiger partial charge is 0.256 e. The summed E-state index contributed by atoms with van der Waals surface area (Å²) in [6.45, 7) is 4.18. The normalized spacial score (nSPS) is 11.7. The Balaban J connectivity index is 1.78. The molecular formula is C26H23ClN2OS. The van der Waals surface area contributed by atoms with Crippen molar-refractivity contribution in [3.8, 4) is 0 Å². The molecule has 1 atom stereocenters. The molecule has 0 unspecified atom stereocenters. The van der Waals surface area contributed by atoms with E-state index in [0.717, 1.165) is 27.4 Å². The van der Waals surface area contributed by atoms with Gasteiger partial charge in [0.2, 0.25) is 0 Å². The quantitative estimate of drug-likeness (QED) is 0.322. The number of hydrogen-bond acceptors (Lipinski definition) is 3. The van der Waals surface area contributed by atoms with E-state index in [9.17, 15) is 4.79 Å². The maximum absolute atomic E-state index is 12.9. The Bertz CT molecular complexity index is 1190. The molecule has 0 aliphatic heterocycles. The second-order valence-electron chi connectivity index (χ2n) is 7.31. The lowest BCUT2D eigenvalue weighted by molar-refractivity contribution is 0.102. The second kappa shape index (κ2) is 9.38. The summed E-state index contributed by atoms with van der Waals surface area (Å²) in [5.74, 6) is -0.118. The van der Waals surface area contributed by atoms with E-state index in [1.807, 2.05) is 72.8 Å². The first-order chi connectivity index (χ1) is 15.0. The van der Waals surface area contributed by atoms with Gasteiger partial charge in [-0.15, -0.1) is 11.3 Å². The standard InChI is InChI=1S/C26H23ClN2OS/c1-17-18(2)31-26(29-25(30)20-13-7-4-8-14-20)23(17)24(19-11-5-3-6-12-19)28-22-16-10-9-15-21(22)27/h3-16,24,28H,1-2H3,(H,29,30)/t24-/m0/s1. The monoisotopic (exact) mass is 446 g/mol. The number of anilines is 2. The van der Waals surface area contributed by atoms with Crippen molar-refractivity contribution in [2.24, 2.45) is 0 Å². The van der Waals surface area contributed by atoms with Gasteiger partial charge in [-0.3, -0.25) is 4.79 Å². The zero-order valence-electron chi connectivity index (χ0n) is 17.4. The summed E-state index contributed by atoms with van der Waals surface area (Å²) in [4.78, 5) is 14.1. The molecule has 1 amide bonds. The number of para-hydroxylation sites is 1. The Labute approximate surface area is 191 Å². The van der Waals surface area contributed by atoms with E-state index in [0.29, 0.717) is 10.6 Å². The molecule has 0 aliphatic carbocycles. The van der Waals surface area contributed by atoms with Gasteiger partial charge in [0.15, 0.2) is 0 Å². The van der Waals surface area contributed by atoms with Crippen LogP contribution in [-0.4, -0.2) is 5.91 Å². The van der Waals surface area contributed by atoms with Crippen LogP contribution in [0.3, 0.4) is 0 Å². The van der Waals surface area contributed by atoms with Crippen LogP contribution in [0.15, 0.2) is 84.9 Å². The third-order valence-electron chi connectivity index (χ3n) is 5.29. The van der Waals surface area contributed by atoms with Crippen LogP contribution < -0.4 is 10.6 Å². The van der Waals surface area contributed by atoms with E-state index in [-0.39, 0.29) is 11.9 Å². The van der Waals surface area contributed by atoms with E-state index in [4.69, 9.17) is 11.6 Å². The average Bonchev–Trinajstić information content (AvgIpc) is 3.07. The van der Waals surface area contributed by atoms with Crippen LogP contribution in [0.5, 0.6) is 0 Å². The Morgan fingerprint density at radius 2 is 1.48 bits per heavy atom. The number of benzene rings is 3. The van der Waals surface area contributed by atoms with Crippen LogP contribution in [-0.2, 0) is 0 Å². The topological polar surface area (TPSA) is 41.1 Å². The highest BCUT2D eigenvalue weighted by molar-refractivity contribution is 7.16. The lowest BCUT2D eigenvalue weighted by Gasteiger charge is -2.23. The number of aryl methyl sites for hydroxylation is 1. The van der Waals surface area contributed by atoms with Gasteiger partial charge in [0.05, 0.1) is 16.8 Å². The van der Waals surface area contributed by atoms with Crippen molar-refractivity contribution in [3.63, 3.8) is 0 Å². The number of carbonyl (C=O) groups is 1. The highest BCUT2D eigenvalue weighted by Crippen LogP contribution is 2.41. The van der Waals surface area contributed by atoms with Crippen LogP contribution in [0.4, 0.5) is 10.7 Å². The molecule has 0 aliphatic rings. The van der Waals surface area contributed by atoms with Gasteiger partial charge in [-0.2, -0.15) is 0 Å². The molecule has 3 aromatic carbocycles. The third kappa shape index (κ3) is 4.66. The minimum absolute atomic E-state index is 0.118. The first kappa shape index (κ1) is 21.2. The molecule has 0 spiro atoms. The number of nitrogens with one attached hydrogen (secondary N) is 2. The second-order valence-corrected chi connectivity index (χ2v) is 8.95. The number of hydrogen-bond donors (Lipinski definition) is 2. The van der Waals surface area contributed by atoms with E-state index >= 15 is 0 Å². The number of carbonyl (C=O) groups excluding carboxylic acids is 1. The van der Waals surface area contributed by atoms with Crippen molar-refractivity contribution < 1.29 is 4.79 Å². The first-order valence-corrected chi connectivity index (χ1v) is 11.3. The molecule has 0 fully saturated rings. The van der Waals surface area contributed by atoms with Gasteiger partial charge in [-0.05, 0) is 49.2 Å². The maximum Gasteiger partial charge on any atom is 0.256 e. The Hall–Kier alpha value is -3.08. The Kier molecular flexibility index (Phi) is 6.40.